The van der Waals surface area contributed by atoms with E-state index in [4.69, 9.17) is 23.2 Å². The molecule has 1 atom stereocenters. The van der Waals surface area contributed by atoms with Crippen LogP contribution in [0.25, 0.3) is 0 Å². The summed E-state index contributed by atoms with van der Waals surface area (Å²) in [6, 6.07) is 4.45. The SMILES string of the molecule is CNC(Cc1cc(F)ccc1Cl)c1scc(C)c1Cl. The Kier molecular flexibility index (Phi) is 4.85. The van der Waals surface area contributed by atoms with Gasteiger partial charge in [0.1, 0.15) is 5.82 Å². The number of nitrogens with one attached hydrogen (secondary N) is 1. The van der Waals surface area contributed by atoms with Crippen molar-refractivity contribution >= 4 is 34.5 Å². The van der Waals surface area contributed by atoms with Gasteiger partial charge in [-0.1, -0.05) is 23.2 Å². The van der Waals surface area contributed by atoms with E-state index in [0.717, 1.165) is 21.0 Å². The first-order valence-electron chi connectivity index (χ1n) is 5.87. The first-order valence-corrected chi connectivity index (χ1v) is 7.51. The smallest absolute Gasteiger partial charge is 0.123 e. The molecule has 1 aromatic heterocycles. The van der Waals surface area contributed by atoms with Crippen LogP contribution in [0.2, 0.25) is 10.0 Å². The van der Waals surface area contributed by atoms with Gasteiger partial charge in [-0.2, -0.15) is 0 Å². The Morgan fingerprint density at radius 1 is 1.37 bits per heavy atom. The summed E-state index contributed by atoms with van der Waals surface area (Å²) in [5.41, 5.74) is 1.84. The third-order valence-electron chi connectivity index (χ3n) is 3.02. The number of benzene rings is 1. The van der Waals surface area contributed by atoms with Crippen molar-refractivity contribution in [3.63, 3.8) is 0 Å². The van der Waals surface area contributed by atoms with Gasteiger partial charge in [-0.05, 0) is 55.1 Å². The summed E-state index contributed by atoms with van der Waals surface area (Å²) < 4.78 is 13.3. The van der Waals surface area contributed by atoms with Gasteiger partial charge in [0.25, 0.3) is 0 Å². The minimum absolute atomic E-state index is 0.0329. The summed E-state index contributed by atoms with van der Waals surface area (Å²) in [5, 5.41) is 6.59. The van der Waals surface area contributed by atoms with Crippen molar-refractivity contribution in [3.05, 3.63) is 55.4 Å². The van der Waals surface area contributed by atoms with E-state index >= 15 is 0 Å². The van der Waals surface area contributed by atoms with E-state index in [1.807, 2.05) is 19.4 Å². The van der Waals surface area contributed by atoms with Gasteiger partial charge in [0.2, 0.25) is 0 Å². The predicted molar refractivity (Wildman–Crippen MR) is 81.0 cm³/mol. The van der Waals surface area contributed by atoms with Crippen molar-refractivity contribution in [2.45, 2.75) is 19.4 Å². The molecule has 1 unspecified atom stereocenters. The van der Waals surface area contributed by atoms with E-state index in [2.05, 4.69) is 5.32 Å². The second kappa shape index (κ2) is 6.23. The number of thiophene rings is 1. The zero-order chi connectivity index (χ0) is 14.0. The van der Waals surface area contributed by atoms with Crippen LogP contribution in [-0.4, -0.2) is 7.05 Å². The fourth-order valence-electron chi connectivity index (χ4n) is 1.93. The van der Waals surface area contributed by atoms with Crippen LogP contribution in [0, 0.1) is 12.7 Å². The molecule has 1 heterocycles. The van der Waals surface area contributed by atoms with Gasteiger partial charge >= 0.3 is 0 Å². The van der Waals surface area contributed by atoms with Crippen molar-refractivity contribution in [2.75, 3.05) is 7.05 Å². The summed E-state index contributed by atoms with van der Waals surface area (Å²) in [5.74, 6) is -0.275. The average molecular weight is 318 g/mol. The van der Waals surface area contributed by atoms with Crippen molar-refractivity contribution < 1.29 is 4.39 Å². The molecule has 0 amide bonds. The first-order chi connectivity index (χ1) is 9.02. The Morgan fingerprint density at radius 3 is 2.68 bits per heavy atom. The summed E-state index contributed by atoms with van der Waals surface area (Å²) in [6.07, 6.45) is 0.604. The van der Waals surface area contributed by atoms with E-state index in [1.54, 1.807) is 17.4 Å². The minimum Gasteiger partial charge on any atom is -0.312 e. The van der Waals surface area contributed by atoms with Crippen molar-refractivity contribution in [2.24, 2.45) is 0 Å². The Hall–Kier alpha value is -0.610. The zero-order valence-electron chi connectivity index (χ0n) is 10.6. The molecule has 19 heavy (non-hydrogen) atoms. The van der Waals surface area contributed by atoms with Crippen LogP contribution in [0.1, 0.15) is 22.0 Å². The molecule has 0 spiro atoms. The van der Waals surface area contributed by atoms with Crippen molar-refractivity contribution in [3.8, 4) is 0 Å². The molecular weight excluding hydrogens is 304 g/mol. The lowest BCUT2D eigenvalue weighted by Crippen LogP contribution is -2.18. The molecule has 1 nitrogen and oxygen atoms in total. The van der Waals surface area contributed by atoms with Gasteiger partial charge in [-0.3, -0.25) is 0 Å². The van der Waals surface area contributed by atoms with Crippen LogP contribution in [0.5, 0.6) is 0 Å². The van der Waals surface area contributed by atoms with Crippen LogP contribution in [-0.2, 0) is 6.42 Å². The number of likely N-dealkylation sites (N-methyl/N-ethyl adjacent to an activating group) is 1. The van der Waals surface area contributed by atoms with Gasteiger partial charge in [0.05, 0.1) is 5.02 Å². The molecule has 0 saturated heterocycles. The maximum Gasteiger partial charge on any atom is 0.123 e. The monoisotopic (exact) mass is 317 g/mol. The normalized spacial score (nSPS) is 12.7. The molecule has 0 aliphatic heterocycles. The van der Waals surface area contributed by atoms with Crippen LogP contribution < -0.4 is 5.32 Å². The zero-order valence-corrected chi connectivity index (χ0v) is 13.0. The highest BCUT2D eigenvalue weighted by atomic mass is 35.5. The fraction of sp³-hybridized carbons (Fsp3) is 0.286. The second-order valence-electron chi connectivity index (χ2n) is 4.38. The van der Waals surface area contributed by atoms with Crippen LogP contribution in [0.4, 0.5) is 4.39 Å². The number of hydrogen-bond acceptors (Lipinski definition) is 2. The van der Waals surface area contributed by atoms with Crippen molar-refractivity contribution in [1.82, 2.24) is 5.32 Å². The lowest BCUT2D eigenvalue weighted by atomic mass is 10.0. The molecule has 0 aliphatic rings. The van der Waals surface area contributed by atoms with Crippen LogP contribution >= 0.6 is 34.5 Å². The molecule has 0 aliphatic carbocycles. The molecule has 0 saturated carbocycles. The highest BCUT2D eigenvalue weighted by Gasteiger charge is 2.18. The van der Waals surface area contributed by atoms with E-state index < -0.39 is 0 Å². The first kappa shape index (κ1) is 14.8. The molecule has 102 valence electrons. The molecule has 0 radical (unpaired) electrons. The topological polar surface area (TPSA) is 12.0 Å². The fourth-order valence-corrected chi connectivity index (χ4v) is 3.56. The Balaban J connectivity index is 2.29. The largest absolute Gasteiger partial charge is 0.312 e. The maximum atomic E-state index is 13.3. The number of aryl methyl sites for hydroxylation is 1. The highest BCUT2D eigenvalue weighted by molar-refractivity contribution is 7.10. The summed E-state index contributed by atoms with van der Waals surface area (Å²) in [7, 11) is 1.86. The molecule has 0 bridgehead atoms. The van der Waals surface area contributed by atoms with Gasteiger partial charge < -0.3 is 5.32 Å². The lowest BCUT2D eigenvalue weighted by Gasteiger charge is -2.16. The predicted octanol–water partition coefficient (Wildman–Crippen LogP) is 5.01. The number of halogens is 3. The van der Waals surface area contributed by atoms with Crippen molar-refractivity contribution in [1.29, 1.82) is 0 Å². The minimum atomic E-state index is -0.275. The van der Waals surface area contributed by atoms with Crippen LogP contribution in [0.3, 0.4) is 0 Å². The Bertz CT molecular complexity index is 583. The summed E-state index contributed by atoms with van der Waals surface area (Å²) >= 11 is 14.0. The quantitative estimate of drug-likeness (QED) is 0.836. The van der Waals surface area contributed by atoms with Crippen LogP contribution in [0.15, 0.2) is 23.6 Å². The number of hydrogen-bond donors (Lipinski definition) is 1. The molecule has 1 N–H and O–H groups in total. The molecule has 1 aromatic carbocycles. The van der Waals surface area contributed by atoms with Gasteiger partial charge in [0.15, 0.2) is 0 Å². The molecule has 0 fully saturated rings. The van der Waals surface area contributed by atoms with E-state index in [-0.39, 0.29) is 11.9 Å². The average Bonchev–Trinajstić information content (AvgIpc) is 2.71. The third-order valence-corrected chi connectivity index (χ3v) is 5.22. The Labute approximate surface area is 126 Å². The van der Waals surface area contributed by atoms with E-state index in [0.29, 0.717) is 11.4 Å². The second-order valence-corrected chi connectivity index (χ2v) is 6.07. The van der Waals surface area contributed by atoms with E-state index in [1.165, 1.54) is 12.1 Å². The number of rotatable bonds is 4. The summed E-state index contributed by atoms with van der Waals surface area (Å²) in [6.45, 7) is 1.98. The van der Waals surface area contributed by atoms with E-state index in [9.17, 15) is 4.39 Å². The van der Waals surface area contributed by atoms with Gasteiger partial charge in [-0.25, -0.2) is 4.39 Å². The lowest BCUT2D eigenvalue weighted by molar-refractivity contribution is 0.592. The standard InChI is InChI=1S/C14H14Cl2FNS/c1-8-7-19-14(13(8)16)12(18-2)6-9-5-10(17)3-4-11(9)15/h3-5,7,12,18H,6H2,1-2H3. The van der Waals surface area contributed by atoms with Gasteiger partial charge in [0, 0.05) is 15.9 Å². The summed E-state index contributed by atoms with van der Waals surface area (Å²) in [4.78, 5) is 1.06. The molecule has 2 rings (SSSR count). The Morgan fingerprint density at radius 2 is 2.11 bits per heavy atom. The third kappa shape index (κ3) is 3.29. The molecular formula is C14H14Cl2FNS. The maximum absolute atomic E-state index is 13.3. The highest BCUT2D eigenvalue weighted by Crippen LogP contribution is 2.34. The molecule has 5 heteroatoms. The molecule has 2 aromatic rings. The van der Waals surface area contributed by atoms with Gasteiger partial charge in [-0.15, -0.1) is 11.3 Å².